The van der Waals surface area contributed by atoms with Gasteiger partial charge in [-0.2, -0.15) is 16.8 Å². The van der Waals surface area contributed by atoms with E-state index in [4.69, 9.17) is 3.63 Å². The fraction of sp³-hybridized carbons (Fsp3) is 0.419. The van der Waals surface area contributed by atoms with Crippen LogP contribution in [0.4, 0.5) is 0 Å². The predicted octanol–water partition coefficient (Wildman–Crippen LogP) is 7.63. The van der Waals surface area contributed by atoms with Gasteiger partial charge in [-0.3, -0.25) is 0 Å². The van der Waals surface area contributed by atoms with Crippen LogP contribution in [-0.4, -0.2) is 14.0 Å². The number of hydrogen-bond acceptors (Lipinski definition) is 3. The highest BCUT2D eigenvalue weighted by atomic mass is 32.3. The summed E-state index contributed by atoms with van der Waals surface area (Å²) < 4.78 is 38.0. The highest BCUT2D eigenvalue weighted by Gasteiger charge is 2.53. The lowest BCUT2D eigenvalue weighted by atomic mass is 9.53. The molecule has 3 aromatic carbocycles. The molecule has 1 N–H and O–H groups in total. The Morgan fingerprint density at radius 1 is 0.622 bits per heavy atom. The molecule has 4 saturated carbocycles. The van der Waals surface area contributed by atoms with Crippen molar-refractivity contribution in [3.63, 3.8) is 0 Å². The Hall–Kier alpha value is -2.12. The Bertz CT molecular complexity index is 1230. The molecular weight excluding hydrogens is 498 g/mol. The Labute approximate surface area is 223 Å². The van der Waals surface area contributed by atoms with Gasteiger partial charge in [-0.1, -0.05) is 53.1 Å². The largest absolute Gasteiger partial charge is 0.346 e. The Morgan fingerprint density at radius 2 is 0.946 bits per heavy atom. The van der Waals surface area contributed by atoms with Crippen LogP contribution in [0.15, 0.2) is 87.5 Å². The van der Waals surface area contributed by atoms with Crippen molar-refractivity contribution in [2.75, 3.05) is 0 Å². The van der Waals surface area contributed by atoms with Crippen LogP contribution in [0.3, 0.4) is 0 Å². The summed E-state index contributed by atoms with van der Waals surface area (Å²) in [6.07, 6.45) is 6.57. The molecule has 4 aliphatic rings. The average molecular weight is 536 g/mol. The first-order chi connectivity index (χ1) is 17.6. The minimum absolute atomic E-state index is 0.368. The lowest BCUT2D eigenvalue weighted by Crippen LogP contribution is -2.59. The molecule has 0 saturated heterocycles. The molecule has 4 nitrogen and oxygen atoms in total. The minimum atomic E-state index is -4.09. The fourth-order valence-corrected chi connectivity index (χ4v) is 12.7. The molecule has 7 rings (SSSR count). The van der Waals surface area contributed by atoms with Crippen LogP contribution in [0.25, 0.3) is 0 Å². The third-order valence-electron chi connectivity index (χ3n) is 8.63. The number of nitrogens with one attached hydrogen (secondary N) is 1. The fourth-order valence-electron chi connectivity index (χ4n) is 7.37. The Balaban J connectivity index is 1.48. The van der Waals surface area contributed by atoms with E-state index >= 15 is 0 Å². The molecule has 37 heavy (non-hydrogen) atoms. The maximum atomic E-state index is 14.1. The van der Waals surface area contributed by atoms with Gasteiger partial charge in [-0.05, 0) is 124 Å². The van der Waals surface area contributed by atoms with Crippen molar-refractivity contribution in [2.24, 2.45) is 17.8 Å². The second-order valence-corrected chi connectivity index (χ2v) is 16.0. The maximum Gasteiger partial charge on any atom is 0.346 e. The minimum Gasteiger partial charge on any atom is -0.195 e. The highest BCUT2D eigenvalue weighted by Crippen LogP contribution is 2.70. The van der Waals surface area contributed by atoms with E-state index < -0.39 is 20.6 Å². The summed E-state index contributed by atoms with van der Waals surface area (Å²) in [4.78, 5) is 2.63. The van der Waals surface area contributed by atoms with Gasteiger partial charge in [0.05, 0.1) is 0 Å². The number of rotatable bonds is 7. The van der Waals surface area contributed by atoms with Crippen LogP contribution in [-0.2, 0) is 13.9 Å². The molecule has 0 atom stereocenters. The molecular formula is C31H37NO3S2. The topological polar surface area (TPSA) is 55.4 Å². The zero-order chi connectivity index (χ0) is 25.8. The molecule has 0 aromatic heterocycles. The molecule has 0 unspecified atom stereocenters. The lowest BCUT2D eigenvalue weighted by molar-refractivity contribution is -0.00888. The van der Waals surface area contributed by atoms with E-state index in [1.165, 1.54) is 19.3 Å². The van der Waals surface area contributed by atoms with E-state index in [2.05, 4.69) is 4.72 Å². The van der Waals surface area contributed by atoms with Crippen molar-refractivity contribution in [1.29, 1.82) is 0 Å². The third kappa shape index (κ3) is 4.78. The molecule has 0 amide bonds. The number of benzene rings is 3. The highest BCUT2D eigenvalue weighted by molar-refractivity contribution is 8.33. The van der Waals surface area contributed by atoms with Crippen LogP contribution < -0.4 is 4.72 Å². The van der Waals surface area contributed by atoms with Gasteiger partial charge in [0.1, 0.15) is 0 Å². The van der Waals surface area contributed by atoms with Crippen molar-refractivity contribution in [2.45, 2.75) is 79.5 Å². The quantitative estimate of drug-likeness (QED) is 0.338. The van der Waals surface area contributed by atoms with Gasteiger partial charge < -0.3 is 0 Å². The van der Waals surface area contributed by atoms with E-state index in [9.17, 15) is 8.42 Å². The van der Waals surface area contributed by atoms with Crippen molar-refractivity contribution in [3.8, 4) is 0 Å². The van der Waals surface area contributed by atoms with Gasteiger partial charge in [0, 0.05) is 20.2 Å². The Kier molecular flexibility index (Phi) is 6.30. The summed E-state index contributed by atoms with van der Waals surface area (Å²) in [5.41, 5.74) is 3.00. The van der Waals surface area contributed by atoms with Gasteiger partial charge in [0.2, 0.25) is 0 Å². The molecule has 4 bridgehead atoms. The van der Waals surface area contributed by atoms with Crippen LogP contribution >= 0.6 is 10.3 Å². The summed E-state index contributed by atoms with van der Waals surface area (Å²) >= 11 is 0. The van der Waals surface area contributed by atoms with Crippen LogP contribution in [0, 0.1) is 38.5 Å². The maximum absolute atomic E-state index is 14.1. The smallest absolute Gasteiger partial charge is 0.195 e. The van der Waals surface area contributed by atoms with E-state index in [-0.39, 0.29) is 5.54 Å². The van der Waals surface area contributed by atoms with Crippen LogP contribution in [0.5, 0.6) is 0 Å². The molecule has 4 fully saturated rings. The normalized spacial score (nSPS) is 27.4. The zero-order valence-electron chi connectivity index (χ0n) is 21.9. The van der Waals surface area contributed by atoms with Gasteiger partial charge >= 0.3 is 10.3 Å². The SMILES string of the molecule is Cc1ccc(S(OS(=O)(=O)NC23CC4CC(CC(C4)C2)C3)(c2ccc(C)cc2)c2ccc(C)cc2)cc1. The second kappa shape index (κ2) is 9.26. The summed E-state index contributed by atoms with van der Waals surface area (Å²) in [5.74, 6) is 1.91. The molecule has 6 heteroatoms. The van der Waals surface area contributed by atoms with Crippen molar-refractivity contribution < 1.29 is 12.0 Å². The molecule has 0 aliphatic heterocycles. The van der Waals surface area contributed by atoms with Crippen molar-refractivity contribution in [3.05, 3.63) is 89.5 Å². The molecule has 0 heterocycles. The first-order valence-corrected chi connectivity index (χ1v) is 16.4. The lowest BCUT2D eigenvalue weighted by Gasteiger charge is -2.56. The van der Waals surface area contributed by atoms with Gasteiger partial charge in [0.25, 0.3) is 0 Å². The van der Waals surface area contributed by atoms with E-state index in [1.807, 2.05) is 93.6 Å². The molecule has 0 spiro atoms. The predicted molar refractivity (Wildman–Crippen MR) is 150 cm³/mol. The monoisotopic (exact) mass is 535 g/mol. The molecule has 3 aromatic rings. The number of hydrogen-bond donors (Lipinski definition) is 1. The summed E-state index contributed by atoms with van der Waals surface area (Å²) in [6, 6.07) is 24.5. The van der Waals surface area contributed by atoms with Gasteiger partial charge in [-0.15, -0.1) is 0 Å². The average Bonchev–Trinajstić information content (AvgIpc) is 2.83. The summed E-state index contributed by atoms with van der Waals surface area (Å²) in [6.45, 7) is 6.14. The van der Waals surface area contributed by atoms with Crippen LogP contribution in [0.1, 0.15) is 55.2 Å². The second-order valence-electron chi connectivity index (χ2n) is 11.8. The molecule has 4 aliphatic carbocycles. The van der Waals surface area contributed by atoms with Gasteiger partial charge in [0.15, 0.2) is 0 Å². The first kappa shape index (κ1) is 25.2. The molecule has 0 radical (unpaired) electrons. The van der Waals surface area contributed by atoms with E-state index in [1.54, 1.807) is 0 Å². The first-order valence-electron chi connectivity index (χ1n) is 13.4. The Morgan fingerprint density at radius 3 is 1.27 bits per heavy atom. The zero-order valence-corrected chi connectivity index (χ0v) is 23.6. The molecule has 196 valence electrons. The van der Waals surface area contributed by atoms with Gasteiger partial charge in [-0.25, -0.2) is 0 Å². The number of aryl methyl sites for hydroxylation is 3. The summed E-state index contributed by atoms with van der Waals surface area (Å²) in [7, 11) is -6.66. The standard InChI is InChI=1S/C31H37NO3S2/c1-22-4-10-28(11-5-22)36(29-12-6-23(2)7-13-29,30-14-8-24(3)9-15-30)35-37(33,34)32-31-19-25-16-26(20-31)18-27(17-25)21-31/h4-15,25-27,32H,16-21H2,1-3H3. The van der Waals surface area contributed by atoms with Crippen molar-refractivity contribution >= 4 is 20.6 Å². The van der Waals surface area contributed by atoms with Crippen molar-refractivity contribution in [1.82, 2.24) is 4.72 Å². The third-order valence-corrected chi connectivity index (χ3v) is 13.7. The van der Waals surface area contributed by atoms with E-state index in [0.29, 0.717) is 17.8 Å². The van der Waals surface area contributed by atoms with Crippen LogP contribution in [0.2, 0.25) is 0 Å². The van der Waals surface area contributed by atoms with E-state index in [0.717, 1.165) is 50.6 Å². The summed E-state index contributed by atoms with van der Waals surface area (Å²) in [5, 5.41) is 0.